The third-order valence-corrected chi connectivity index (χ3v) is 5.93. The first-order valence-corrected chi connectivity index (χ1v) is 10.7. The van der Waals surface area contributed by atoms with Crippen LogP contribution in [0.3, 0.4) is 0 Å². The number of hydrogen-bond donors (Lipinski definition) is 2. The van der Waals surface area contributed by atoms with E-state index in [1.807, 2.05) is 23.1 Å². The Hall–Kier alpha value is -2.94. The summed E-state index contributed by atoms with van der Waals surface area (Å²) in [4.78, 5) is 24.3. The van der Waals surface area contributed by atoms with Gasteiger partial charge in [0.25, 0.3) is 0 Å². The normalized spacial score (nSPS) is 18.3. The van der Waals surface area contributed by atoms with E-state index in [0.717, 1.165) is 32.5 Å². The third-order valence-electron chi connectivity index (χ3n) is 5.93. The summed E-state index contributed by atoms with van der Waals surface area (Å²) in [6.45, 7) is 3.81. The molecular formula is C21H29N7O2. The molecular weight excluding hydrogens is 382 g/mol. The van der Waals surface area contributed by atoms with Gasteiger partial charge in [0, 0.05) is 38.8 Å². The lowest BCUT2D eigenvalue weighted by Crippen LogP contribution is -2.46. The second kappa shape index (κ2) is 9.25. The molecule has 0 amide bonds. The highest BCUT2D eigenvalue weighted by atomic mass is 16.6. The predicted octanol–water partition coefficient (Wildman–Crippen LogP) is 3.03. The number of nitrogens with one attached hydrogen (secondary N) is 1. The van der Waals surface area contributed by atoms with E-state index in [2.05, 4.69) is 32.3 Å². The van der Waals surface area contributed by atoms with Crippen LogP contribution in [0.4, 0.5) is 23.3 Å². The third kappa shape index (κ3) is 4.79. The lowest BCUT2D eigenvalue weighted by atomic mass is 9.96. The molecule has 0 atom stereocenters. The van der Waals surface area contributed by atoms with Gasteiger partial charge in [-0.25, -0.2) is 0 Å². The molecule has 1 saturated heterocycles. The Morgan fingerprint density at radius 3 is 2.43 bits per heavy atom. The highest BCUT2D eigenvalue weighted by Gasteiger charge is 2.30. The zero-order valence-corrected chi connectivity index (χ0v) is 17.2. The number of rotatable bonds is 6. The van der Waals surface area contributed by atoms with E-state index in [4.69, 9.17) is 5.73 Å². The van der Waals surface area contributed by atoms with Crippen LogP contribution < -0.4 is 16.0 Å². The number of hydrogen-bond acceptors (Lipinski definition) is 8. The first-order chi connectivity index (χ1) is 14.6. The standard InChI is InChI=1S/C21H29N7O2/c22-19-18(28(29)30)20(25-21(24-19)23-17-9-5-2-6-10-17)27-13-11-26(12-14-27)15-16-7-3-1-4-8-16/h1,3-4,7-8,17H,2,5-6,9-15H2,(H3,22,23,24,25). The summed E-state index contributed by atoms with van der Waals surface area (Å²) in [5.74, 6) is 0.645. The minimum absolute atomic E-state index is 0.0741. The average Bonchev–Trinajstić information content (AvgIpc) is 2.75. The number of nitrogens with zero attached hydrogens (tertiary/aromatic N) is 5. The van der Waals surface area contributed by atoms with Gasteiger partial charge in [-0.15, -0.1) is 0 Å². The summed E-state index contributed by atoms with van der Waals surface area (Å²) in [6.07, 6.45) is 5.73. The van der Waals surface area contributed by atoms with E-state index >= 15 is 0 Å². The molecule has 4 rings (SSSR count). The number of nitrogens with two attached hydrogens (primary N) is 1. The number of anilines is 3. The zero-order chi connectivity index (χ0) is 20.9. The maximum Gasteiger partial charge on any atom is 0.353 e. The molecule has 30 heavy (non-hydrogen) atoms. The molecule has 160 valence electrons. The molecule has 2 aliphatic rings. The van der Waals surface area contributed by atoms with E-state index in [-0.39, 0.29) is 11.5 Å². The van der Waals surface area contributed by atoms with Gasteiger partial charge in [0.1, 0.15) is 0 Å². The van der Waals surface area contributed by atoms with Crippen LogP contribution in [0.15, 0.2) is 30.3 Å². The van der Waals surface area contributed by atoms with Crippen molar-refractivity contribution in [3.63, 3.8) is 0 Å². The SMILES string of the molecule is Nc1nc(NC2CCCCC2)nc(N2CCN(Cc3ccccc3)CC2)c1[N+](=O)[O-]. The molecule has 1 aromatic carbocycles. The minimum atomic E-state index is -0.467. The number of piperazine rings is 1. The predicted molar refractivity (Wildman–Crippen MR) is 118 cm³/mol. The maximum absolute atomic E-state index is 11.7. The van der Waals surface area contributed by atoms with Gasteiger partial charge >= 0.3 is 5.69 Å². The van der Waals surface area contributed by atoms with Crippen LogP contribution in [0.1, 0.15) is 37.7 Å². The highest BCUT2D eigenvalue weighted by molar-refractivity contribution is 5.71. The van der Waals surface area contributed by atoms with Crippen LogP contribution in [0.25, 0.3) is 0 Å². The Morgan fingerprint density at radius 1 is 1.07 bits per heavy atom. The van der Waals surface area contributed by atoms with Gasteiger partial charge in [0.2, 0.25) is 17.6 Å². The topological polar surface area (TPSA) is 113 Å². The molecule has 9 nitrogen and oxygen atoms in total. The Kier molecular flexibility index (Phi) is 6.27. The van der Waals surface area contributed by atoms with Crippen LogP contribution in [0, 0.1) is 10.1 Å². The quantitative estimate of drug-likeness (QED) is 0.551. The van der Waals surface area contributed by atoms with Crippen molar-refractivity contribution in [2.24, 2.45) is 0 Å². The molecule has 2 aromatic rings. The van der Waals surface area contributed by atoms with Crippen molar-refractivity contribution >= 4 is 23.3 Å². The van der Waals surface area contributed by atoms with E-state index in [1.165, 1.54) is 24.8 Å². The molecule has 1 aliphatic carbocycles. The molecule has 0 bridgehead atoms. The second-order valence-corrected chi connectivity index (χ2v) is 8.09. The monoisotopic (exact) mass is 411 g/mol. The maximum atomic E-state index is 11.7. The van der Waals surface area contributed by atoms with Gasteiger partial charge in [-0.1, -0.05) is 49.6 Å². The molecule has 1 aromatic heterocycles. The van der Waals surface area contributed by atoms with Crippen molar-refractivity contribution in [2.75, 3.05) is 42.1 Å². The van der Waals surface area contributed by atoms with Gasteiger partial charge in [0.05, 0.1) is 4.92 Å². The number of benzene rings is 1. The Morgan fingerprint density at radius 2 is 1.77 bits per heavy atom. The van der Waals surface area contributed by atoms with Gasteiger partial charge in [-0.2, -0.15) is 9.97 Å². The molecule has 2 fully saturated rings. The Labute approximate surface area is 176 Å². The molecule has 1 saturated carbocycles. The summed E-state index contributed by atoms with van der Waals surface area (Å²) in [5, 5.41) is 15.0. The summed E-state index contributed by atoms with van der Waals surface area (Å²) in [7, 11) is 0. The van der Waals surface area contributed by atoms with Gasteiger partial charge < -0.3 is 16.0 Å². The van der Waals surface area contributed by atoms with Crippen molar-refractivity contribution in [2.45, 2.75) is 44.7 Å². The first kappa shape index (κ1) is 20.3. The number of nitrogen functional groups attached to an aromatic ring is 1. The van der Waals surface area contributed by atoms with Gasteiger partial charge in [0.15, 0.2) is 0 Å². The van der Waals surface area contributed by atoms with E-state index in [0.29, 0.717) is 30.9 Å². The van der Waals surface area contributed by atoms with Crippen molar-refractivity contribution in [1.29, 1.82) is 0 Å². The molecule has 0 radical (unpaired) electrons. The summed E-state index contributed by atoms with van der Waals surface area (Å²) in [6, 6.07) is 10.6. The lowest BCUT2D eigenvalue weighted by molar-refractivity contribution is -0.383. The molecule has 1 aliphatic heterocycles. The molecule has 2 heterocycles. The van der Waals surface area contributed by atoms with Crippen molar-refractivity contribution in [3.8, 4) is 0 Å². The second-order valence-electron chi connectivity index (χ2n) is 8.09. The average molecular weight is 412 g/mol. The van der Waals surface area contributed by atoms with Crippen molar-refractivity contribution < 1.29 is 4.92 Å². The fourth-order valence-electron chi connectivity index (χ4n) is 4.31. The lowest BCUT2D eigenvalue weighted by Gasteiger charge is -2.35. The Balaban J connectivity index is 1.48. The van der Waals surface area contributed by atoms with Crippen LogP contribution in [-0.4, -0.2) is 52.0 Å². The first-order valence-electron chi connectivity index (χ1n) is 10.7. The molecule has 0 unspecified atom stereocenters. The van der Waals surface area contributed by atoms with Crippen molar-refractivity contribution in [3.05, 3.63) is 46.0 Å². The van der Waals surface area contributed by atoms with Crippen LogP contribution in [0.5, 0.6) is 0 Å². The van der Waals surface area contributed by atoms with Crippen LogP contribution in [-0.2, 0) is 6.54 Å². The van der Waals surface area contributed by atoms with Gasteiger partial charge in [-0.05, 0) is 18.4 Å². The van der Waals surface area contributed by atoms with Crippen LogP contribution in [0.2, 0.25) is 0 Å². The number of aromatic nitrogens is 2. The summed E-state index contributed by atoms with van der Waals surface area (Å²) in [5.41, 5.74) is 7.07. The zero-order valence-electron chi connectivity index (χ0n) is 17.2. The fourth-order valence-corrected chi connectivity index (χ4v) is 4.31. The number of nitro groups is 1. The van der Waals surface area contributed by atoms with Crippen LogP contribution >= 0.6 is 0 Å². The summed E-state index contributed by atoms with van der Waals surface area (Å²) >= 11 is 0. The van der Waals surface area contributed by atoms with E-state index in [1.54, 1.807) is 0 Å². The summed E-state index contributed by atoms with van der Waals surface area (Å²) < 4.78 is 0. The van der Waals surface area contributed by atoms with Gasteiger partial charge in [-0.3, -0.25) is 15.0 Å². The minimum Gasteiger partial charge on any atom is -0.378 e. The molecule has 3 N–H and O–H groups in total. The smallest absolute Gasteiger partial charge is 0.353 e. The van der Waals surface area contributed by atoms with Crippen molar-refractivity contribution in [1.82, 2.24) is 14.9 Å². The molecule has 0 spiro atoms. The molecule has 9 heteroatoms. The van der Waals surface area contributed by atoms with E-state index < -0.39 is 4.92 Å². The highest BCUT2D eigenvalue weighted by Crippen LogP contribution is 2.33. The Bertz CT molecular complexity index is 863. The van der Waals surface area contributed by atoms with E-state index in [9.17, 15) is 10.1 Å². The largest absolute Gasteiger partial charge is 0.378 e. The fraction of sp³-hybridized carbons (Fsp3) is 0.524.